The summed E-state index contributed by atoms with van der Waals surface area (Å²) in [5, 5.41) is 0. The Kier molecular flexibility index (Phi) is 6.13. The van der Waals surface area contributed by atoms with Gasteiger partial charge in [0.05, 0.1) is 0 Å². The second-order valence-electron chi connectivity index (χ2n) is 2.75. The highest BCUT2D eigenvalue weighted by atomic mass is 79.9. The van der Waals surface area contributed by atoms with Crippen LogP contribution in [-0.4, -0.2) is 19.6 Å². The highest BCUT2D eigenvalue weighted by Gasteiger charge is 2.10. The summed E-state index contributed by atoms with van der Waals surface area (Å²) in [6.07, 6.45) is 2.03. The minimum absolute atomic E-state index is 0.0137. The van der Waals surface area contributed by atoms with E-state index in [0.717, 1.165) is 12.8 Å². The van der Waals surface area contributed by atoms with Crippen LogP contribution in [0.1, 0.15) is 26.7 Å². The van der Waals surface area contributed by atoms with E-state index >= 15 is 0 Å². The molecule has 0 rings (SSSR count). The van der Waals surface area contributed by atoms with Crippen molar-refractivity contribution >= 4 is 26.0 Å². The first kappa shape index (κ1) is 12.4. The lowest BCUT2D eigenvalue weighted by molar-refractivity contribution is 0.480. The Hall–Kier alpha value is 0.390. The molecule has 3 nitrogen and oxygen atoms in total. The van der Waals surface area contributed by atoms with Gasteiger partial charge in [0.1, 0.15) is 4.66 Å². The third kappa shape index (κ3) is 5.11. The summed E-state index contributed by atoms with van der Waals surface area (Å²) in [6.45, 7) is 4.69. The van der Waals surface area contributed by atoms with Crippen molar-refractivity contribution in [2.75, 3.05) is 11.2 Å². The normalized spacial score (nSPS) is 12.3. The second-order valence-corrected chi connectivity index (χ2v) is 5.86. The molecule has 0 spiro atoms. The number of rotatable bonds is 6. The van der Waals surface area contributed by atoms with Crippen molar-refractivity contribution in [1.29, 1.82) is 0 Å². The molecule has 0 aliphatic heterocycles. The fourth-order valence-electron chi connectivity index (χ4n) is 0.861. The molecule has 0 radical (unpaired) electrons. The maximum atomic E-state index is 11.0. The second kappa shape index (κ2) is 5.94. The van der Waals surface area contributed by atoms with Crippen LogP contribution < -0.4 is 4.72 Å². The summed E-state index contributed by atoms with van der Waals surface area (Å²) in [4.78, 5) is 0. The minimum atomic E-state index is -3.07. The SMILES string of the molecule is CCC(CC)CNS(=O)(=O)CBr. The predicted molar refractivity (Wildman–Crippen MR) is 54.8 cm³/mol. The quantitative estimate of drug-likeness (QED) is 0.737. The monoisotopic (exact) mass is 257 g/mol. The van der Waals surface area contributed by atoms with Crippen LogP contribution in [0.25, 0.3) is 0 Å². The molecule has 0 aliphatic rings. The number of hydrogen-bond donors (Lipinski definition) is 1. The summed E-state index contributed by atoms with van der Waals surface area (Å²) in [5.41, 5.74) is 0. The molecule has 0 atom stereocenters. The van der Waals surface area contributed by atoms with Gasteiger partial charge in [0.15, 0.2) is 0 Å². The zero-order chi connectivity index (χ0) is 9.61. The van der Waals surface area contributed by atoms with Gasteiger partial charge in [-0.3, -0.25) is 0 Å². The van der Waals surface area contributed by atoms with Crippen LogP contribution in [0.4, 0.5) is 0 Å². The number of sulfonamides is 1. The van der Waals surface area contributed by atoms with E-state index in [9.17, 15) is 8.42 Å². The fourth-order valence-corrected chi connectivity index (χ4v) is 1.91. The van der Waals surface area contributed by atoms with Gasteiger partial charge in [-0.15, -0.1) is 0 Å². The van der Waals surface area contributed by atoms with E-state index in [1.54, 1.807) is 0 Å². The molecule has 0 aliphatic carbocycles. The zero-order valence-corrected chi connectivity index (χ0v) is 9.91. The molecule has 5 heteroatoms. The summed E-state index contributed by atoms with van der Waals surface area (Å²) in [7, 11) is -3.07. The molecule has 0 saturated heterocycles. The van der Waals surface area contributed by atoms with E-state index in [1.807, 2.05) is 0 Å². The maximum Gasteiger partial charge on any atom is 0.221 e. The first-order valence-electron chi connectivity index (χ1n) is 4.09. The molecular weight excluding hydrogens is 242 g/mol. The first-order chi connectivity index (χ1) is 5.55. The van der Waals surface area contributed by atoms with Crippen molar-refractivity contribution < 1.29 is 8.42 Å². The molecule has 0 unspecified atom stereocenters. The van der Waals surface area contributed by atoms with Crippen LogP contribution in [0.5, 0.6) is 0 Å². The lowest BCUT2D eigenvalue weighted by Crippen LogP contribution is -2.29. The molecule has 0 bridgehead atoms. The van der Waals surface area contributed by atoms with Crippen molar-refractivity contribution in [3.05, 3.63) is 0 Å². The summed E-state index contributed by atoms with van der Waals surface area (Å²) >= 11 is 2.91. The Morgan fingerprint density at radius 2 is 1.83 bits per heavy atom. The van der Waals surface area contributed by atoms with Crippen LogP contribution in [-0.2, 0) is 10.0 Å². The molecule has 0 aromatic carbocycles. The van der Waals surface area contributed by atoms with E-state index in [-0.39, 0.29) is 4.66 Å². The maximum absolute atomic E-state index is 11.0. The van der Waals surface area contributed by atoms with Crippen LogP contribution in [0.15, 0.2) is 0 Å². The van der Waals surface area contributed by atoms with E-state index in [4.69, 9.17) is 0 Å². The number of nitrogens with one attached hydrogen (secondary N) is 1. The molecule has 0 aromatic heterocycles. The van der Waals surface area contributed by atoms with Gasteiger partial charge in [-0.25, -0.2) is 13.1 Å². The number of halogens is 1. The smallest absolute Gasteiger partial charge is 0.214 e. The van der Waals surface area contributed by atoms with Gasteiger partial charge in [-0.2, -0.15) is 0 Å². The van der Waals surface area contributed by atoms with E-state index < -0.39 is 10.0 Å². The lowest BCUT2D eigenvalue weighted by Gasteiger charge is -2.12. The largest absolute Gasteiger partial charge is 0.221 e. The third-order valence-corrected chi connectivity index (χ3v) is 4.59. The summed E-state index contributed by atoms with van der Waals surface area (Å²) in [5.74, 6) is 0.457. The Balaban J connectivity index is 3.81. The molecule has 0 fully saturated rings. The molecule has 0 heterocycles. The van der Waals surface area contributed by atoms with Gasteiger partial charge in [-0.05, 0) is 5.92 Å². The standard InChI is InChI=1S/C7H16BrNO2S/c1-3-7(4-2)5-9-12(10,11)6-8/h7,9H,3-6H2,1-2H3. The van der Waals surface area contributed by atoms with Gasteiger partial charge in [0, 0.05) is 6.54 Å². The average molecular weight is 258 g/mol. The van der Waals surface area contributed by atoms with Crippen LogP contribution >= 0.6 is 15.9 Å². The third-order valence-electron chi connectivity index (χ3n) is 1.89. The zero-order valence-electron chi connectivity index (χ0n) is 7.51. The predicted octanol–water partition coefficient (Wildman–Crippen LogP) is 1.69. The van der Waals surface area contributed by atoms with Crippen LogP contribution in [0, 0.1) is 5.92 Å². The Morgan fingerprint density at radius 3 is 2.17 bits per heavy atom. The van der Waals surface area contributed by atoms with Crippen molar-refractivity contribution in [2.24, 2.45) is 5.92 Å². The molecule has 1 N–H and O–H groups in total. The molecule has 0 amide bonds. The summed E-state index contributed by atoms with van der Waals surface area (Å²) in [6, 6.07) is 0. The van der Waals surface area contributed by atoms with E-state index in [2.05, 4.69) is 34.5 Å². The van der Waals surface area contributed by atoms with Gasteiger partial charge in [-0.1, -0.05) is 42.6 Å². The lowest BCUT2D eigenvalue weighted by atomic mass is 10.0. The average Bonchev–Trinajstić information content (AvgIpc) is 2.06. The molecule has 0 aromatic rings. The molecule has 74 valence electrons. The minimum Gasteiger partial charge on any atom is -0.214 e. The highest BCUT2D eigenvalue weighted by Crippen LogP contribution is 2.06. The molecule has 12 heavy (non-hydrogen) atoms. The van der Waals surface area contributed by atoms with Gasteiger partial charge in [0.2, 0.25) is 10.0 Å². The Morgan fingerprint density at radius 1 is 1.33 bits per heavy atom. The Bertz CT molecular complexity index is 199. The number of hydrogen-bond acceptors (Lipinski definition) is 2. The van der Waals surface area contributed by atoms with Crippen LogP contribution in [0.2, 0.25) is 0 Å². The number of alkyl halides is 1. The van der Waals surface area contributed by atoms with Crippen LogP contribution in [0.3, 0.4) is 0 Å². The molecular formula is C7H16BrNO2S. The topological polar surface area (TPSA) is 46.2 Å². The van der Waals surface area contributed by atoms with Crippen molar-refractivity contribution in [3.8, 4) is 0 Å². The van der Waals surface area contributed by atoms with Crippen molar-refractivity contribution in [2.45, 2.75) is 26.7 Å². The van der Waals surface area contributed by atoms with E-state index in [1.165, 1.54) is 0 Å². The van der Waals surface area contributed by atoms with Gasteiger partial charge >= 0.3 is 0 Å². The van der Waals surface area contributed by atoms with E-state index in [0.29, 0.717) is 12.5 Å². The highest BCUT2D eigenvalue weighted by molar-refractivity contribution is 9.10. The Labute approximate surface area is 83.1 Å². The van der Waals surface area contributed by atoms with Crippen molar-refractivity contribution in [3.63, 3.8) is 0 Å². The van der Waals surface area contributed by atoms with Crippen molar-refractivity contribution in [1.82, 2.24) is 4.72 Å². The fraction of sp³-hybridized carbons (Fsp3) is 1.00. The molecule has 0 saturated carbocycles. The van der Waals surface area contributed by atoms with Gasteiger partial charge in [0.25, 0.3) is 0 Å². The van der Waals surface area contributed by atoms with Gasteiger partial charge < -0.3 is 0 Å². The summed E-state index contributed by atoms with van der Waals surface area (Å²) < 4.78 is 24.5. The first-order valence-corrected chi connectivity index (χ1v) is 6.86.